The Balaban J connectivity index is 1.94. The molecule has 0 spiro atoms. The molecule has 1 unspecified atom stereocenters. The predicted molar refractivity (Wildman–Crippen MR) is 111 cm³/mol. The Bertz CT molecular complexity index is 1090. The van der Waals surface area contributed by atoms with E-state index < -0.39 is 5.92 Å². The number of hydrogen-bond acceptors (Lipinski definition) is 3. The summed E-state index contributed by atoms with van der Waals surface area (Å²) in [5, 5.41) is 14.1. The summed E-state index contributed by atoms with van der Waals surface area (Å²) in [5.74, 6) is -0.847. The Morgan fingerprint density at radius 3 is 2.38 bits per heavy atom. The van der Waals surface area contributed by atoms with Gasteiger partial charge in [-0.3, -0.25) is 4.79 Å². The van der Waals surface area contributed by atoms with E-state index in [1.807, 2.05) is 12.1 Å². The average molecular weight is 407 g/mol. The summed E-state index contributed by atoms with van der Waals surface area (Å²) in [4.78, 5) is 13.1. The van der Waals surface area contributed by atoms with Crippen molar-refractivity contribution < 1.29 is 9.18 Å². The Morgan fingerprint density at radius 2 is 1.76 bits per heavy atom. The fraction of sp³-hybridized carbons (Fsp3) is 0.250. The molecule has 2 aromatic rings. The Labute approximate surface area is 174 Å². The summed E-state index contributed by atoms with van der Waals surface area (Å²) in [6, 6.07) is 15.6. The van der Waals surface area contributed by atoms with Gasteiger partial charge >= 0.3 is 0 Å². The molecule has 0 bridgehead atoms. The van der Waals surface area contributed by atoms with E-state index in [-0.39, 0.29) is 17.0 Å². The molecule has 0 amide bonds. The number of ketones is 1. The molecule has 5 heteroatoms. The van der Waals surface area contributed by atoms with E-state index in [0.717, 1.165) is 16.8 Å². The highest BCUT2D eigenvalue weighted by molar-refractivity contribution is 6.30. The van der Waals surface area contributed by atoms with Crippen LogP contribution in [0, 0.1) is 22.6 Å². The number of nitrogens with zero attached hydrogens (tertiary/aromatic N) is 1. The van der Waals surface area contributed by atoms with Crippen molar-refractivity contribution >= 4 is 23.1 Å². The highest BCUT2D eigenvalue weighted by Gasteiger charge is 2.41. The second-order valence-electron chi connectivity index (χ2n) is 8.35. The van der Waals surface area contributed by atoms with Crippen LogP contribution < -0.4 is 5.32 Å². The maximum Gasteiger partial charge on any atom is 0.162 e. The highest BCUT2D eigenvalue weighted by atomic mass is 35.5. The summed E-state index contributed by atoms with van der Waals surface area (Å²) < 4.78 is 13.5. The van der Waals surface area contributed by atoms with E-state index >= 15 is 0 Å². The van der Waals surface area contributed by atoms with Crippen molar-refractivity contribution in [1.82, 2.24) is 5.32 Å². The van der Waals surface area contributed by atoms with E-state index in [2.05, 4.69) is 25.2 Å². The zero-order valence-electron chi connectivity index (χ0n) is 16.2. The Morgan fingerprint density at radius 1 is 1.10 bits per heavy atom. The Hall–Kier alpha value is -2.90. The average Bonchev–Trinajstić information content (AvgIpc) is 2.67. The molecule has 0 radical (unpaired) electrons. The van der Waals surface area contributed by atoms with Gasteiger partial charge in [0.1, 0.15) is 5.82 Å². The number of rotatable bonds is 2. The number of nitrogens with one attached hydrogen (secondary N) is 1. The van der Waals surface area contributed by atoms with Crippen LogP contribution in [-0.2, 0) is 4.79 Å². The molecule has 1 heterocycles. The van der Waals surface area contributed by atoms with E-state index in [0.29, 0.717) is 34.7 Å². The second kappa shape index (κ2) is 7.17. The van der Waals surface area contributed by atoms with Gasteiger partial charge in [0.05, 0.1) is 23.3 Å². The monoisotopic (exact) mass is 406 g/mol. The van der Waals surface area contributed by atoms with Crippen LogP contribution >= 0.6 is 11.6 Å². The van der Waals surface area contributed by atoms with Crippen LogP contribution in [-0.4, -0.2) is 5.78 Å². The van der Waals surface area contributed by atoms with Crippen molar-refractivity contribution in [2.24, 2.45) is 5.41 Å². The molecule has 0 saturated heterocycles. The second-order valence-corrected chi connectivity index (χ2v) is 8.79. The fourth-order valence-electron chi connectivity index (χ4n) is 4.24. The smallest absolute Gasteiger partial charge is 0.162 e. The van der Waals surface area contributed by atoms with Crippen LogP contribution in [0.3, 0.4) is 0 Å². The minimum Gasteiger partial charge on any atom is -0.357 e. The van der Waals surface area contributed by atoms with Crippen molar-refractivity contribution in [3.8, 4) is 6.07 Å². The van der Waals surface area contributed by atoms with Crippen LogP contribution in [0.5, 0.6) is 0 Å². The number of nitriles is 1. The molecule has 2 aromatic carbocycles. The largest absolute Gasteiger partial charge is 0.357 e. The molecule has 146 valence electrons. The first kappa shape index (κ1) is 19.4. The molecule has 0 aromatic heterocycles. The molecule has 0 fully saturated rings. The lowest BCUT2D eigenvalue weighted by atomic mass is 9.68. The van der Waals surface area contributed by atoms with Crippen LogP contribution in [0.4, 0.5) is 4.39 Å². The maximum atomic E-state index is 13.5. The van der Waals surface area contributed by atoms with E-state index in [9.17, 15) is 14.4 Å². The third-order valence-corrected chi connectivity index (χ3v) is 5.75. The molecule has 1 aliphatic carbocycles. The van der Waals surface area contributed by atoms with Gasteiger partial charge in [-0.25, -0.2) is 4.39 Å². The number of allylic oxidation sites excluding steroid dienone is 3. The fourth-order valence-corrected chi connectivity index (χ4v) is 4.37. The lowest BCUT2D eigenvalue weighted by Gasteiger charge is -2.39. The summed E-state index contributed by atoms with van der Waals surface area (Å²) in [5.41, 5.74) is 3.95. The molecule has 2 aliphatic rings. The van der Waals surface area contributed by atoms with Crippen molar-refractivity contribution in [3.63, 3.8) is 0 Å². The molecule has 1 atom stereocenters. The van der Waals surface area contributed by atoms with Crippen LogP contribution in [0.15, 0.2) is 65.4 Å². The number of carbonyl (C=O) groups is 1. The van der Waals surface area contributed by atoms with Gasteiger partial charge < -0.3 is 5.32 Å². The minimum absolute atomic E-state index is 0.0287. The number of hydrogen-bond donors (Lipinski definition) is 1. The number of halogens is 2. The summed E-state index contributed by atoms with van der Waals surface area (Å²) in [6.45, 7) is 4.13. The standard InChI is InChI=1S/C24H20ClFN2O/c1-24(2)11-19-22(20(29)12-24)21(14-5-9-17(26)10-6-14)18(13-27)23(28-19)15-3-7-16(25)8-4-15/h3-10,21,28H,11-12H2,1-2H3. The van der Waals surface area contributed by atoms with Crippen molar-refractivity contribution in [1.29, 1.82) is 5.26 Å². The third kappa shape index (κ3) is 3.59. The van der Waals surface area contributed by atoms with E-state index in [1.54, 1.807) is 24.3 Å². The predicted octanol–water partition coefficient (Wildman–Crippen LogP) is 5.74. The van der Waals surface area contributed by atoms with Gasteiger partial charge in [-0.15, -0.1) is 0 Å². The van der Waals surface area contributed by atoms with Gasteiger partial charge in [-0.1, -0.05) is 49.7 Å². The van der Waals surface area contributed by atoms with Crippen molar-refractivity contribution in [2.45, 2.75) is 32.6 Å². The zero-order chi connectivity index (χ0) is 20.8. The van der Waals surface area contributed by atoms with Gasteiger partial charge in [0, 0.05) is 22.7 Å². The highest BCUT2D eigenvalue weighted by Crippen LogP contribution is 2.47. The van der Waals surface area contributed by atoms with E-state index in [4.69, 9.17) is 11.6 Å². The third-order valence-electron chi connectivity index (χ3n) is 5.50. The molecule has 4 rings (SSSR count). The molecular formula is C24H20ClFN2O. The number of dihydropyridines is 1. The molecule has 3 nitrogen and oxygen atoms in total. The molecular weight excluding hydrogens is 387 g/mol. The van der Waals surface area contributed by atoms with Crippen molar-refractivity contribution in [3.05, 3.63) is 87.3 Å². The van der Waals surface area contributed by atoms with E-state index in [1.165, 1.54) is 12.1 Å². The maximum absolute atomic E-state index is 13.5. The van der Waals surface area contributed by atoms with Crippen LogP contribution in [0.2, 0.25) is 5.02 Å². The lowest BCUT2D eigenvalue weighted by Crippen LogP contribution is -2.37. The van der Waals surface area contributed by atoms with Gasteiger partial charge in [0.25, 0.3) is 0 Å². The molecule has 29 heavy (non-hydrogen) atoms. The topological polar surface area (TPSA) is 52.9 Å². The molecule has 0 saturated carbocycles. The zero-order valence-corrected chi connectivity index (χ0v) is 17.0. The summed E-state index contributed by atoms with van der Waals surface area (Å²) in [7, 11) is 0. The van der Waals surface area contributed by atoms with Crippen molar-refractivity contribution in [2.75, 3.05) is 0 Å². The van der Waals surface area contributed by atoms with Gasteiger partial charge in [-0.2, -0.15) is 5.26 Å². The van der Waals surface area contributed by atoms with Gasteiger partial charge in [0.2, 0.25) is 0 Å². The number of Topliss-reactive ketones (excluding diaryl/α,β-unsaturated/α-hetero) is 1. The summed E-state index contributed by atoms with van der Waals surface area (Å²) >= 11 is 6.04. The first-order valence-electron chi connectivity index (χ1n) is 9.48. The summed E-state index contributed by atoms with van der Waals surface area (Å²) in [6.07, 6.45) is 1.11. The van der Waals surface area contributed by atoms with Crippen LogP contribution in [0.25, 0.3) is 5.70 Å². The molecule has 1 N–H and O–H groups in total. The molecule has 1 aliphatic heterocycles. The normalized spacial score (nSPS) is 20.8. The number of benzene rings is 2. The Kier molecular flexibility index (Phi) is 4.80. The number of carbonyl (C=O) groups excluding carboxylic acids is 1. The lowest BCUT2D eigenvalue weighted by molar-refractivity contribution is -0.118. The van der Waals surface area contributed by atoms with Gasteiger partial charge in [-0.05, 0) is 47.2 Å². The van der Waals surface area contributed by atoms with Crippen LogP contribution in [0.1, 0.15) is 43.7 Å². The minimum atomic E-state index is -0.522. The van der Waals surface area contributed by atoms with Gasteiger partial charge in [0.15, 0.2) is 5.78 Å². The first-order chi connectivity index (χ1) is 13.8. The SMILES string of the molecule is CC1(C)CC(=O)C2=C(C1)NC(c1ccc(Cl)cc1)=C(C#N)C2c1ccc(F)cc1. The quantitative estimate of drug-likeness (QED) is 0.691. The first-order valence-corrected chi connectivity index (χ1v) is 9.86.